The van der Waals surface area contributed by atoms with E-state index in [4.69, 9.17) is 4.74 Å². The summed E-state index contributed by atoms with van der Waals surface area (Å²) in [5, 5.41) is 3.22. The molecule has 0 aromatic heterocycles. The number of hydrogen-bond acceptors (Lipinski definition) is 3. The van der Waals surface area contributed by atoms with E-state index in [2.05, 4.69) is 12.2 Å². The summed E-state index contributed by atoms with van der Waals surface area (Å²) in [6.45, 7) is 6.94. The van der Waals surface area contributed by atoms with Crippen LogP contribution >= 0.6 is 0 Å². The van der Waals surface area contributed by atoms with Crippen LogP contribution in [-0.2, 0) is 9.53 Å². The molecular weight excluding hydrogens is 166 g/mol. The van der Waals surface area contributed by atoms with Crippen LogP contribution < -0.4 is 5.32 Å². The second-order valence-electron chi connectivity index (χ2n) is 3.76. The van der Waals surface area contributed by atoms with Gasteiger partial charge in [0.1, 0.15) is 6.61 Å². The van der Waals surface area contributed by atoms with Gasteiger partial charge in [-0.2, -0.15) is 0 Å². The molecule has 0 amide bonds. The second-order valence-corrected chi connectivity index (χ2v) is 3.76. The largest absolute Gasteiger partial charge is 0.374 e. The van der Waals surface area contributed by atoms with Gasteiger partial charge in [-0.05, 0) is 18.9 Å². The Hall–Kier alpha value is -0.410. The summed E-state index contributed by atoms with van der Waals surface area (Å²) in [7, 11) is 0. The highest BCUT2D eigenvalue weighted by atomic mass is 16.5. The Morgan fingerprint density at radius 3 is 2.85 bits per heavy atom. The van der Waals surface area contributed by atoms with Crippen molar-refractivity contribution < 1.29 is 9.53 Å². The van der Waals surface area contributed by atoms with Crippen molar-refractivity contribution >= 4 is 5.78 Å². The molecule has 0 aliphatic carbocycles. The van der Waals surface area contributed by atoms with Gasteiger partial charge in [-0.15, -0.1) is 0 Å². The van der Waals surface area contributed by atoms with Gasteiger partial charge in [0, 0.05) is 19.1 Å². The molecule has 0 saturated carbocycles. The number of carbonyl (C=O) groups excluding carboxylic acids is 1. The normalized spacial score (nSPS) is 27.8. The van der Waals surface area contributed by atoms with E-state index in [1.165, 1.54) is 0 Å². The highest BCUT2D eigenvalue weighted by Crippen LogP contribution is 2.16. The summed E-state index contributed by atoms with van der Waals surface area (Å²) in [5.74, 6) is 0.903. The van der Waals surface area contributed by atoms with E-state index in [0.717, 1.165) is 19.5 Å². The van der Waals surface area contributed by atoms with Crippen LogP contribution in [0.3, 0.4) is 0 Å². The summed E-state index contributed by atoms with van der Waals surface area (Å²) < 4.78 is 5.23. The van der Waals surface area contributed by atoms with Crippen molar-refractivity contribution in [2.24, 2.45) is 11.8 Å². The van der Waals surface area contributed by atoms with Crippen LogP contribution in [0, 0.1) is 11.8 Å². The fourth-order valence-electron chi connectivity index (χ4n) is 1.67. The quantitative estimate of drug-likeness (QED) is 0.645. The van der Waals surface area contributed by atoms with Gasteiger partial charge >= 0.3 is 0 Å². The molecular formula is C10H19NO2. The van der Waals surface area contributed by atoms with E-state index in [1.54, 1.807) is 0 Å². The highest BCUT2D eigenvalue weighted by Gasteiger charge is 2.28. The van der Waals surface area contributed by atoms with Crippen molar-refractivity contribution in [3.05, 3.63) is 0 Å². The van der Waals surface area contributed by atoms with Gasteiger partial charge in [0.2, 0.25) is 0 Å². The maximum atomic E-state index is 11.6. The number of hydrogen-bond donors (Lipinski definition) is 1. The summed E-state index contributed by atoms with van der Waals surface area (Å²) in [6.07, 6.45) is 0.978. The summed E-state index contributed by atoms with van der Waals surface area (Å²) in [5.41, 5.74) is 0. The molecule has 1 heterocycles. The monoisotopic (exact) mass is 185 g/mol. The zero-order chi connectivity index (χ0) is 9.68. The maximum Gasteiger partial charge on any atom is 0.163 e. The van der Waals surface area contributed by atoms with Crippen molar-refractivity contribution in [2.45, 2.75) is 20.3 Å². The number of carbonyl (C=O) groups is 1. The molecule has 1 fully saturated rings. The minimum absolute atomic E-state index is 0.178. The molecule has 0 spiro atoms. The van der Waals surface area contributed by atoms with Crippen molar-refractivity contribution in [3.8, 4) is 0 Å². The zero-order valence-corrected chi connectivity index (χ0v) is 8.51. The fourth-order valence-corrected chi connectivity index (χ4v) is 1.67. The minimum Gasteiger partial charge on any atom is -0.374 e. The Morgan fingerprint density at radius 1 is 1.54 bits per heavy atom. The van der Waals surface area contributed by atoms with E-state index >= 15 is 0 Å². The Morgan fingerprint density at radius 2 is 2.31 bits per heavy atom. The molecule has 0 aromatic rings. The first-order valence-corrected chi connectivity index (χ1v) is 5.07. The number of Topliss-reactive ketones (excluding diaryl/α,β-unsaturated/α-hetero) is 1. The third-order valence-corrected chi connectivity index (χ3v) is 2.52. The van der Waals surface area contributed by atoms with E-state index in [0.29, 0.717) is 19.1 Å². The Balaban J connectivity index is 2.22. The number of ketones is 1. The molecule has 1 rings (SSSR count). The molecule has 1 aliphatic rings. The van der Waals surface area contributed by atoms with Crippen molar-refractivity contribution in [3.63, 3.8) is 0 Å². The number of ether oxygens (including phenoxy) is 1. The third-order valence-electron chi connectivity index (χ3n) is 2.52. The van der Waals surface area contributed by atoms with E-state index < -0.39 is 0 Å². The zero-order valence-electron chi connectivity index (χ0n) is 8.51. The first kappa shape index (κ1) is 10.7. The van der Waals surface area contributed by atoms with E-state index in [1.807, 2.05) is 6.92 Å². The summed E-state index contributed by atoms with van der Waals surface area (Å²) >= 11 is 0. The van der Waals surface area contributed by atoms with E-state index in [-0.39, 0.29) is 11.7 Å². The average Bonchev–Trinajstić information content (AvgIpc) is 2.52. The Bertz CT molecular complexity index is 170. The molecule has 1 N–H and O–H groups in total. The van der Waals surface area contributed by atoms with E-state index in [9.17, 15) is 4.79 Å². The van der Waals surface area contributed by atoms with Gasteiger partial charge in [-0.1, -0.05) is 13.8 Å². The molecule has 1 aliphatic heterocycles. The van der Waals surface area contributed by atoms with Crippen molar-refractivity contribution in [1.82, 2.24) is 5.32 Å². The topological polar surface area (TPSA) is 38.3 Å². The summed E-state index contributed by atoms with van der Waals surface area (Å²) in [4.78, 5) is 11.6. The van der Waals surface area contributed by atoms with Crippen molar-refractivity contribution in [1.29, 1.82) is 0 Å². The highest BCUT2D eigenvalue weighted by molar-refractivity contribution is 5.83. The SMILES string of the molecule is CCCOCC(=O)C1CNCC1C. The molecule has 2 unspecified atom stereocenters. The predicted octanol–water partition coefficient (Wildman–Crippen LogP) is 0.838. The molecule has 1 saturated heterocycles. The molecule has 3 nitrogen and oxygen atoms in total. The lowest BCUT2D eigenvalue weighted by atomic mass is 9.94. The molecule has 2 atom stereocenters. The smallest absolute Gasteiger partial charge is 0.163 e. The predicted molar refractivity (Wildman–Crippen MR) is 51.6 cm³/mol. The lowest BCUT2D eigenvalue weighted by Gasteiger charge is -2.12. The molecule has 0 radical (unpaired) electrons. The first-order chi connectivity index (χ1) is 6.25. The Kier molecular flexibility index (Phi) is 4.39. The molecule has 76 valence electrons. The lowest BCUT2D eigenvalue weighted by molar-refractivity contribution is -0.127. The first-order valence-electron chi connectivity index (χ1n) is 5.07. The van der Waals surface area contributed by atoms with Gasteiger partial charge in [0.05, 0.1) is 0 Å². The van der Waals surface area contributed by atoms with Gasteiger partial charge in [0.25, 0.3) is 0 Å². The van der Waals surface area contributed by atoms with Crippen LogP contribution in [0.4, 0.5) is 0 Å². The van der Waals surface area contributed by atoms with Crippen LogP contribution in [0.2, 0.25) is 0 Å². The number of nitrogens with one attached hydrogen (secondary N) is 1. The maximum absolute atomic E-state index is 11.6. The van der Waals surface area contributed by atoms with Gasteiger partial charge in [0.15, 0.2) is 5.78 Å². The van der Waals surface area contributed by atoms with Crippen LogP contribution in [0.5, 0.6) is 0 Å². The van der Waals surface area contributed by atoms with Gasteiger partial charge < -0.3 is 10.1 Å². The standard InChI is InChI=1S/C10H19NO2/c1-3-4-13-7-10(12)9-6-11-5-8(9)2/h8-9,11H,3-7H2,1-2H3. The minimum atomic E-state index is 0.178. The lowest BCUT2D eigenvalue weighted by Crippen LogP contribution is -2.25. The average molecular weight is 185 g/mol. The van der Waals surface area contributed by atoms with Crippen LogP contribution in [0.15, 0.2) is 0 Å². The molecule has 0 bridgehead atoms. The van der Waals surface area contributed by atoms with Crippen LogP contribution in [-0.4, -0.2) is 32.1 Å². The Labute approximate surface area is 79.8 Å². The third kappa shape index (κ3) is 3.08. The van der Waals surface area contributed by atoms with Crippen LogP contribution in [0.1, 0.15) is 20.3 Å². The van der Waals surface area contributed by atoms with Crippen LogP contribution in [0.25, 0.3) is 0 Å². The second kappa shape index (κ2) is 5.35. The van der Waals surface area contributed by atoms with Gasteiger partial charge in [-0.3, -0.25) is 4.79 Å². The molecule has 0 aromatic carbocycles. The number of rotatable bonds is 5. The molecule has 3 heteroatoms. The summed E-state index contributed by atoms with van der Waals surface area (Å²) in [6, 6.07) is 0. The van der Waals surface area contributed by atoms with Gasteiger partial charge in [-0.25, -0.2) is 0 Å². The molecule has 13 heavy (non-hydrogen) atoms. The fraction of sp³-hybridized carbons (Fsp3) is 0.900. The van der Waals surface area contributed by atoms with Crippen molar-refractivity contribution in [2.75, 3.05) is 26.3 Å².